The lowest BCUT2D eigenvalue weighted by Gasteiger charge is -2.10. The van der Waals surface area contributed by atoms with Crippen LogP contribution >= 0.6 is 11.8 Å². The van der Waals surface area contributed by atoms with Crippen LogP contribution in [0.15, 0.2) is 35.2 Å². The number of benzene rings is 1. The van der Waals surface area contributed by atoms with Crippen molar-refractivity contribution in [1.82, 2.24) is 0 Å². The molecule has 0 N–H and O–H groups in total. The Morgan fingerprint density at radius 1 is 1.43 bits per heavy atom. The molecule has 1 rings (SSSR count). The summed E-state index contributed by atoms with van der Waals surface area (Å²) >= 11 is 1.71. The summed E-state index contributed by atoms with van der Waals surface area (Å²) in [5, 5.41) is 0.293. The van der Waals surface area contributed by atoms with E-state index < -0.39 is 0 Å². The topological polar surface area (TPSA) is 26.3 Å². The van der Waals surface area contributed by atoms with E-state index >= 15 is 0 Å². The van der Waals surface area contributed by atoms with E-state index in [-0.39, 0.29) is 5.97 Å². The van der Waals surface area contributed by atoms with Crippen molar-refractivity contribution < 1.29 is 9.53 Å². The van der Waals surface area contributed by atoms with E-state index in [4.69, 9.17) is 4.74 Å². The van der Waals surface area contributed by atoms with Crippen molar-refractivity contribution in [2.75, 3.05) is 6.61 Å². The van der Waals surface area contributed by atoms with Crippen molar-refractivity contribution in [2.45, 2.75) is 24.0 Å². The first kappa shape index (κ1) is 11.1. The molecule has 3 heteroatoms. The molecule has 0 fully saturated rings. The van der Waals surface area contributed by atoms with E-state index in [0.29, 0.717) is 11.9 Å². The Bertz CT molecular complexity index is 285. The Kier molecular flexibility index (Phi) is 4.53. The Labute approximate surface area is 88.7 Å². The lowest BCUT2D eigenvalue weighted by molar-refractivity contribution is -0.140. The van der Waals surface area contributed by atoms with Crippen LogP contribution in [0.1, 0.15) is 13.8 Å². The maximum atomic E-state index is 10.6. The fraction of sp³-hybridized carbons (Fsp3) is 0.364. The van der Waals surface area contributed by atoms with Gasteiger partial charge in [0, 0.05) is 17.1 Å². The second-order valence-corrected chi connectivity index (χ2v) is 4.56. The molecular formula is C11H14O2S. The molecule has 0 aliphatic carbocycles. The molecule has 1 unspecified atom stereocenters. The predicted octanol–water partition coefficient (Wildman–Crippen LogP) is 2.73. The molecule has 0 aromatic heterocycles. The summed E-state index contributed by atoms with van der Waals surface area (Å²) in [4.78, 5) is 11.8. The lowest BCUT2D eigenvalue weighted by atomic mass is 10.4. The van der Waals surface area contributed by atoms with Crippen LogP contribution in [0.3, 0.4) is 0 Å². The zero-order valence-electron chi connectivity index (χ0n) is 8.40. The highest BCUT2D eigenvalue weighted by Crippen LogP contribution is 2.22. The van der Waals surface area contributed by atoms with Crippen molar-refractivity contribution in [3.8, 4) is 0 Å². The Morgan fingerprint density at radius 3 is 2.64 bits per heavy atom. The van der Waals surface area contributed by atoms with Crippen molar-refractivity contribution in [2.24, 2.45) is 0 Å². The number of rotatable bonds is 4. The third-order valence-corrected chi connectivity index (χ3v) is 2.68. The monoisotopic (exact) mass is 210 g/mol. The molecule has 0 heterocycles. The van der Waals surface area contributed by atoms with Crippen molar-refractivity contribution in [3.05, 3.63) is 30.3 Å². The predicted molar refractivity (Wildman–Crippen MR) is 58.4 cm³/mol. The molecule has 14 heavy (non-hydrogen) atoms. The molecule has 0 spiro atoms. The summed E-state index contributed by atoms with van der Waals surface area (Å²) in [6.45, 7) is 3.94. The molecule has 0 radical (unpaired) electrons. The lowest BCUT2D eigenvalue weighted by Crippen LogP contribution is -2.10. The number of hydrogen-bond acceptors (Lipinski definition) is 3. The fourth-order valence-corrected chi connectivity index (χ4v) is 1.92. The Hall–Kier alpha value is -0.960. The van der Waals surface area contributed by atoms with Crippen LogP contribution in [0.5, 0.6) is 0 Å². The average molecular weight is 210 g/mol. The maximum Gasteiger partial charge on any atom is 0.302 e. The van der Waals surface area contributed by atoms with E-state index in [0.717, 1.165) is 0 Å². The molecule has 1 atom stereocenters. The fourth-order valence-electron chi connectivity index (χ4n) is 1.00. The second kappa shape index (κ2) is 5.70. The van der Waals surface area contributed by atoms with Gasteiger partial charge in [-0.2, -0.15) is 0 Å². The van der Waals surface area contributed by atoms with E-state index in [1.807, 2.05) is 25.1 Å². The molecule has 76 valence electrons. The molecule has 0 aliphatic heterocycles. The van der Waals surface area contributed by atoms with Crippen molar-refractivity contribution >= 4 is 17.7 Å². The van der Waals surface area contributed by atoms with Gasteiger partial charge >= 0.3 is 5.97 Å². The van der Waals surface area contributed by atoms with Gasteiger partial charge in [0.1, 0.15) is 6.61 Å². The molecule has 0 aliphatic rings. The van der Waals surface area contributed by atoms with E-state index in [1.165, 1.54) is 11.8 Å². The minimum absolute atomic E-state index is 0.217. The van der Waals surface area contributed by atoms with Crippen LogP contribution in [0, 0.1) is 0 Å². The largest absolute Gasteiger partial charge is 0.465 e. The highest BCUT2D eigenvalue weighted by molar-refractivity contribution is 8.00. The third-order valence-electron chi connectivity index (χ3n) is 1.60. The summed E-state index contributed by atoms with van der Waals surface area (Å²) in [7, 11) is 0. The standard InChI is InChI=1S/C11H14O2S/c1-9(8-13-10(2)12)14-11-6-4-3-5-7-11/h3-7,9H,8H2,1-2H3. The SMILES string of the molecule is CC(=O)OCC(C)Sc1ccccc1. The van der Waals surface area contributed by atoms with Crippen LogP contribution in [0.4, 0.5) is 0 Å². The van der Waals surface area contributed by atoms with Gasteiger partial charge in [-0.1, -0.05) is 18.2 Å². The summed E-state index contributed by atoms with van der Waals surface area (Å²) in [6.07, 6.45) is 0. The summed E-state index contributed by atoms with van der Waals surface area (Å²) in [6, 6.07) is 10.1. The number of esters is 1. The Balaban J connectivity index is 2.34. The average Bonchev–Trinajstić information content (AvgIpc) is 2.16. The minimum atomic E-state index is -0.217. The number of hydrogen-bond donors (Lipinski definition) is 0. The van der Waals surface area contributed by atoms with E-state index in [1.54, 1.807) is 11.8 Å². The van der Waals surface area contributed by atoms with Gasteiger partial charge in [-0.3, -0.25) is 4.79 Å². The summed E-state index contributed by atoms with van der Waals surface area (Å²) in [5.74, 6) is -0.217. The third kappa shape index (κ3) is 4.33. The highest BCUT2D eigenvalue weighted by atomic mass is 32.2. The second-order valence-electron chi connectivity index (χ2n) is 3.04. The molecule has 1 aromatic rings. The first-order valence-electron chi connectivity index (χ1n) is 4.53. The number of ether oxygens (including phenoxy) is 1. The van der Waals surface area contributed by atoms with Crippen molar-refractivity contribution in [3.63, 3.8) is 0 Å². The van der Waals surface area contributed by atoms with E-state index in [9.17, 15) is 4.79 Å². The highest BCUT2D eigenvalue weighted by Gasteiger charge is 2.05. The number of carbonyl (C=O) groups excluding carboxylic acids is 1. The molecule has 2 nitrogen and oxygen atoms in total. The van der Waals surface area contributed by atoms with Crippen molar-refractivity contribution in [1.29, 1.82) is 0 Å². The molecular weight excluding hydrogens is 196 g/mol. The number of carbonyl (C=O) groups is 1. The summed E-state index contributed by atoms with van der Waals surface area (Å²) < 4.78 is 4.92. The molecule has 0 saturated carbocycles. The normalized spacial score (nSPS) is 12.1. The van der Waals surface area contributed by atoms with Gasteiger partial charge in [-0.15, -0.1) is 11.8 Å². The van der Waals surface area contributed by atoms with Gasteiger partial charge in [0.2, 0.25) is 0 Å². The molecule has 0 saturated heterocycles. The Morgan fingerprint density at radius 2 is 2.07 bits per heavy atom. The molecule has 0 amide bonds. The maximum absolute atomic E-state index is 10.6. The van der Waals surface area contributed by atoms with E-state index in [2.05, 4.69) is 12.1 Å². The molecule has 0 bridgehead atoms. The van der Waals surface area contributed by atoms with Gasteiger partial charge in [-0.25, -0.2) is 0 Å². The van der Waals surface area contributed by atoms with Gasteiger partial charge in [0.15, 0.2) is 0 Å². The number of thioether (sulfide) groups is 1. The zero-order chi connectivity index (χ0) is 10.4. The van der Waals surface area contributed by atoms with Crippen LogP contribution in [0.2, 0.25) is 0 Å². The van der Waals surface area contributed by atoms with Gasteiger partial charge < -0.3 is 4.74 Å². The first-order chi connectivity index (χ1) is 6.68. The quantitative estimate of drug-likeness (QED) is 0.564. The van der Waals surface area contributed by atoms with Crippen LogP contribution in [0.25, 0.3) is 0 Å². The van der Waals surface area contributed by atoms with Gasteiger partial charge in [0.05, 0.1) is 0 Å². The van der Waals surface area contributed by atoms with Gasteiger partial charge in [-0.05, 0) is 19.1 Å². The van der Waals surface area contributed by atoms with Crippen LogP contribution in [-0.4, -0.2) is 17.8 Å². The summed E-state index contributed by atoms with van der Waals surface area (Å²) in [5.41, 5.74) is 0. The zero-order valence-corrected chi connectivity index (χ0v) is 9.21. The first-order valence-corrected chi connectivity index (χ1v) is 5.41. The van der Waals surface area contributed by atoms with Crippen LogP contribution < -0.4 is 0 Å². The van der Waals surface area contributed by atoms with Gasteiger partial charge in [0.25, 0.3) is 0 Å². The smallest absolute Gasteiger partial charge is 0.302 e. The van der Waals surface area contributed by atoms with Crippen LogP contribution in [-0.2, 0) is 9.53 Å². The molecule has 1 aromatic carbocycles. The minimum Gasteiger partial charge on any atom is -0.465 e.